The smallest absolute Gasteiger partial charge is 0.217 e. The second kappa shape index (κ2) is 34.4. The summed E-state index contributed by atoms with van der Waals surface area (Å²) >= 11 is 0. The summed E-state index contributed by atoms with van der Waals surface area (Å²) in [6, 6.07) is 0. The van der Waals surface area contributed by atoms with Gasteiger partial charge >= 0.3 is 0 Å². The van der Waals surface area contributed by atoms with Crippen molar-refractivity contribution in [3.8, 4) is 0 Å². The van der Waals surface area contributed by atoms with Gasteiger partial charge in [-0.05, 0) is 77.0 Å². The molecule has 0 aromatic rings. The van der Waals surface area contributed by atoms with Gasteiger partial charge in [0.05, 0.1) is 26.7 Å². The van der Waals surface area contributed by atoms with E-state index < -0.39 is 10.4 Å². The largest absolute Gasteiger partial charge is 0.726 e. The minimum absolute atomic E-state index is 0.808. The first-order chi connectivity index (χ1) is 23.3. The Labute approximate surface area is 300 Å². The standard InChI is InChI=1S/C40H77N2.CH4O4S/c1-4-6-8-10-12-14-16-18-20-22-24-26-28-30-32-34-37-42(39-36-41-40(42)3)38-35-33-31-29-27-25-23-21-19-17-15-13-11-9-7-5-2;1-5-6(2,3)4/h18-21H,4-17,22-39H2,1-3H3;1H3,(H,2,3,4)/q+1;/p-1. The number of allylic oxidation sites excluding steroid dienone is 4. The van der Waals surface area contributed by atoms with E-state index in [1.165, 1.54) is 210 Å². The van der Waals surface area contributed by atoms with Crippen molar-refractivity contribution in [2.75, 3.05) is 33.3 Å². The van der Waals surface area contributed by atoms with Crippen LogP contribution in [0.5, 0.6) is 0 Å². The maximum absolute atomic E-state index is 9.22. The Balaban J connectivity index is 0.00000335. The quantitative estimate of drug-likeness (QED) is 0.0225. The van der Waals surface area contributed by atoms with Gasteiger partial charge in [-0.25, -0.2) is 13.4 Å². The maximum atomic E-state index is 9.22. The molecular formula is C41H80N2O4S. The average Bonchev–Trinajstić information content (AvgIpc) is 3.43. The van der Waals surface area contributed by atoms with Gasteiger partial charge in [-0.3, -0.25) is 8.67 Å². The van der Waals surface area contributed by atoms with E-state index in [-0.39, 0.29) is 0 Å². The fourth-order valence-electron chi connectivity index (χ4n) is 6.70. The molecule has 0 saturated carbocycles. The number of unbranched alkanes of at least 4 members (excludes halogenated alkanes) is 24. The lowest BCUT2D eigenvalue weighted by Gasteiger charge is -2.34. The summed E-state index contributed by atoms with van der Waals surface area (Å²) in [4.78, 5) is 4.85. The fourth-order valence-corrected chi connectivity index (χ4v) is 6.70. The van der Waals surface area contributed by atoms with E-state index in [0.717, 1.165) is 13.7 Å². The minimum atomic E-state index is -4.41. The van der Waals surface area contributed by atoms with Crippen molar-refractivity contribution in [3.63, 3.8) is 0 Å². The maximum Gasteiger partial charge on any atom is 0.217 e. The summed E-state index contributed by atoms with van der Waals surface area (Å²) in [5.41, 5.74) is 0. The van der Waals surface area contributed by atoms with Crippen LogP contribution in [0.3, 0.4) is 0 Å². The van der Waals surface area contributed by atoms with Crippen molar-refractivity contribution in [2.24, 2.45) is 4.99 Å². The number of hydrogen-bond donors (Lipinski definition) is 0. The lowest BCUT2D eigenvalue weighted by molar-refractivity contribution is -0.836. The Morgan fingerprint density at radius 1 is 0.583 bits per heavy atom. The number of quaternary nitrogens is 1. The Hall–Kier alpha value is -1.02. The van der Waals surface area contributed by atoms with Gasteiger partial charge in [0.25, 0.3) is 0 Å². The number of rotatable bonds is 33. The van der Waals surface area contributed by atoms with Crippen LogP contribution in [0.25, 0.3) is 0 Å². The highest BCUT2D eigenvalue weighted by molar-refractivity contribution is 7.80. The minimum Gasteiger partial charge on any atom is -0.726 e. The number of amidine groups is 1. The van der Waals surface area contributed by atoms with E-state index >= 15 is 0 Å². The molecule has 0 aromatic carbocycles. The van der Waals surface area contributed by atoms with Gasteiger partial charge < -0.3 is 4.55 Å². The van der Waals surface area contributed by atoms with Crippen LogP contribution >= 0.6 is 0 Å². The molecule has 0 fully saturated rings. The predicted octanol–water partition coefficient (Wildman–Crippen LogP) is 12.4. The monoisotopic (exact) mass is 697 g/mol. The van der Waals surface area contributed by atoms with Gasteiger partial charge in [-0.1, -0.05) is 141 Å². The van der Waals surface area contributed by atoms with Gasteiger partial charge in [0, 0.05) is 6.92 Å². The number of nitrogens with zero attached hydrogens (tertiary/aromatic N) is 2. The summed E-state index contributed by atoms with van der Waals surface area (Å²) in [7, 11) is -3.60. The normalized spacial score (nSPS) is 16.6. The van der Waals surface area contributed by atoms with E-state index in [2.05, 4.69) is 49.3 Å². The Morgan fingerprint density at radius 3 is 1.15 bits per heavy atom. The van der Waals surface area contributed by atoms with E-state index in [9.17, 15) is 13.0 Å². The third kappa shape index (κ3) is 31.0. The molecule has 0 unspecified atom stereocenters. The molecule has 0 amide bonds. The molecule has 0 aliphatic carbocycles. The molecule has 0 atom stereocenters. The zero-order valence-electron chi connectivity index (χ0n) is 32.4. The van der Waals surface area contributed by atoms with Crippen LogP contribution in [0, 0.1) is 0 Å². The molecular weight excluding hydrogens is 617 g/mol. The molecule has 7 heteroatoms. The number of aliphatic imine (C=N–C) groups is 1. The second-order valence-corrected chi connectivity index (χ2v) is 15.3. The molecule has 1 heterocycles. The van der Waals surface area contributed by atoms with Crippen molar-refractivity contribution in [2.45, 2.75) is 201 Å². The molecule has 1 aliphatic heterocycles. The highest BCUT2D eigenvalue weighted by Gasteiger charge is 2.34. The molecule has 48 heavy (non-hydrogen) atoms. The molecule has 0 bridgehead atoms. The Kier molecular flexibility index (Phi) is 33.7. The predicted molar refractivity (Wildman–Crippen MR) is 208 cm³/mol. The van der Waals surface area contributed by atoms with Gasteiger partial charge in [-0.2, -0.15) is 0 Å². The van der Waals surface area contributed by atoms with Crippen LogP contribution in [-0.4, -0.2) is 56.6 Å². The third-order valence-electron chi connectivity index (χ3n) is 9.96. The van der Waals surface area contributed by atoms with E-state index in [1.54, 1.807) is 0 Å². The molecule has 0 N–H and O–H groups in total. The first-order valence-corrected chi connectivity index (χ1v) is 21.8. The summed E-state index contributed by atoms with van der Waals surface area (Å²) in [5.74, 6) is 1.43. The Bertz CT molecular complexity index is 843. The molecule has 0 aromatic heterocycles. The first-order valence-electron chi connectivity index (χ1n) is 20.5. The van der Waals surface area contributed by atoms with Gasteiger partial charge in [0.2, 0.25) is 10.4 Å². The third-order valence-corrected chi connectivity index (χ3v) is 10.4. The highest BCUT2D eigenvalue weighted by atomic mass is 32.3. The van der Waals surface area contributed by atoms with Crippen molar-refractivity contribution >= 4 is 16.2 Å². The second-order valence-electron chi connectivity index (χ2n) is 14.2. The summed E-state index contributed by atoms with van der Waals surface area (Å²) in [6.07, 6.45) is 48.8. The van der Waals surface area contributed by atoms with E-state index in [0.29, 0.717) is 0 Å². The van der Waals surface area contributed by atoms with Crippen molar-refractivity contribution in [1.29, 1.82) is 0 Å². The summed E-state index contributed by atoms with van der Waals surface area (Å²) in [5, 5.41) is 0. The van der Waals surface area contributed by atoms with Crippen LogP contribution in [0.2, 0.25) is 0 Å². The molecule has 6 nitrogen and oxygen atoms in total. The van der Waals surface area contributed by atoms with E-state index in [1.807, 2.05) is 0 Å². The zero-order chi connectivity index (χ0) is 35.4. The van der Waals surface area contributed by atoms with Gasteiger partial charge in [0.15, 0.2) is 5.84 Å². The molecule has 1 aliphatic rings. The molecule has 0 spiro atoms. The SMILES string of the molecule is CCCCCCCCC=CCCCCCCCC[N+]1(CCCCCCCCC=CCCCCCCCC)CCN=C1C.COS(=O)(=O)[O-]. The zero-order valence-corrected chi connectivity index (χ0v) is 33.2. The fraction of sp³-hybridized carbons (Fsp3) is 0.878. The molecule has 284 valence electrons. The lowest BCUT2D eigenvalue weighted by atomic mass is 10.1. The summed E-state index contributed by atoms with van der Waals surface area (Å²) < 4.78 is 32.2. The van der Waals surface area contributed by atoms with Crippen LogP contribution in [-0.2, 0) is 14.6 Å². The van der Waals surface area contributed by atoms with Gasteiger partial charge in [-0.15, -0.1) is 0 Å². The van der Waals surface area contributed by atoms with E-state index in [4.69, 9.17) is 4.99 Å². The van der Waals surface area contributed by atoms with Crippen LogP contribution < -0.4 is 0 Å². The van der Waals surface area contributed by atoms with Crippen LogP contribution in [0.4, 0.5) is 0 Å². The van der Waals surface area contributed by atoms with Crippen molar-refractivity contribution < 1.29 is 21.6 Å². The molecule has 0 saturated heterocycles. The first kappa shape index (κ1) is 47.0. The van der Waals surface area contributed by atoms with Crippen molar-refractivity contribution in [1.82, 2.24) is 0 Å². The topological polar surface area (TPSA) is 78.8 Å². The summed E-state index contributed by atoms with van der Waals surface area (Å²) in [6.45, 7) is 11.9. The van der Waals surface area contributed by atoms with Gasteiger partial charge in [0.1, 0.15) is 6.54 Å². The Morgan fingerprint density at radius 2 is 0.875 bits per heavy atom. The lowest BCUT2D eigenvalue weighted by Crippen LogP contribution is -2.51. The number of hydrogen-bond acceptors (Lipinski definition) is 5. The van der Waals surface area contributed by atoms with Crippen LogP contribution in [0.1, 0.15) is 201 Å². The van der Waals surface area contributed by atoms with Crippen molar-refractivity contribution in [3.05, 3.63) is 24.3 Å². The average molecular weight is 697 g/mol. The molecule has 1 rings (SSSR count). The molecule has 0 radical (unpaired) electrons. The van der Waals surface area contributed by atoms with Crippen LogP contribution in [0.15, 0.2) is 29.3 Å². The highest BCUT2D eigenvalue weighted by Crippen LogP contribution is 2.21.